The van der Waals surface area contributed by atoms with Crippen LogP contribution in [0.2, 0.25) is 0 Å². The molecule has 106 valence electrons. The van der Waals surface area contributed by atoms with Crippen molar-refractivity contribution < 1.29 is 29.7 Å². The molecule has 8 heteroatoms. The van der Waals surface area contributed by atoms with Gasteiger partial charge < -0.3 is 26.8 Å². The first-order valence-corrected chi connectivity index (χ1v) is 5.28. The van der Waals surface area contributed by atoms with Crippen molar-refractivity contribution in [1.29, 1.82) is 0 Å². The Morgan fingerprint density at radius 3 is 1.61 bits per heavy atom. The van der Waals surface area contributed by atoms with E-state index in [1.807, 2.05) is 0 Å². The van der Waals surface area contributed by atoms with Crippen LogP contribution in [0.1, 0.15) is 26.7 Å². The summed E-state index contributed by atoms with van der Waals surface area (Å²) < 4.78 is 0. The molecule has 0 aromatic rings. The summed E-state index contributed by atoms with van der Waals surface area (Å²) in [6.07, 6.45) is -0.224. The fourth-order valence-electron chi connectivity index (χ4n) is 0.688. The number of hydrogen-bond acceptors (Lipinski definition) is 5. The monoisotopic (exact) mass is 264 g/mol. The Labute approximate surface area is 105 Å². The molecule has 0 saturated heterocycles. The van der Waals surface area contributed by atoms with Crippen LogP contribution in [0, 0.1) is 5.92 Å². The Morgan fingerprint density at radius 2 is 1.44 bits per heavy atom. The Bertz CT molecular complexity index is 292. The number of aliphatic carboxylic acids is 3. The lowest BCUT2D eigenvalue weighted by atomic mass is 10.1. The summed E-state index contributed by atoms with van der Waals surface area (Å²) in [5.74, 6) is -3.11. The van der Waals surface area contributed by atoms with Gasteiger partial charge in [0.25, 0.3) is 0 Å². The zero-order valence-electron chi connectivity index (χ0n) is 10.4. The molecule has 0 rings (SSSR count). The van der Waals surface area contributed by atoms with Crippen molar-refractivity contribution in [2.75, 3.05) is 0 Å². The number of rotatable bonds is 6. The van der Waals surface area contributed by atoms with E-state index < -0.39 is 30.0 Å². The Morgan fingerprint density at radius 1 is 1.00 bits per heavy atom. The van der Waals surface area contributed by atoms with Crippen LogP contribution < -0.4 is 11.5 Å². The van der Waals surface area contributed by atoms with Crippen LogP contribution in [0.15, 0.2) is 0 Å². The van der Waals surface area contributed by atoms with Crippen LogP contribution in [-0.4, -0.2) is 45.3 Å². The summed E-state index contributed by atoms with van der Waals surface area (Å²) in [6, 6.07) is -1.77. The van der Waals surface area contributed by atoms with Gasteiger partial charge in [-0.25, -0.2) is 0 Å². The quantitative estimate of drug-likeness (QED) is 0.421. The SMILES string of the molecule is CC(C)C(N)C(=O)O.NC(CCC(=O)O)C(=O)O. The molecule has 0 saturated carbocycles. The predicted octanol–water partition coefficient (Wildman–Crippen LogP) is -0.683. The van der Waals surface area contributed by atoms with Gasteiger partial charge in [-0.15, -0.1) is 0 Å². The van der Waals surface area contributed by atoms with E-state index in [1.54, 1.807) is 13.8 Å². The maximum atomic E-state index is 10.0. The molecule has 18 heavy (non-hydrogen) atoms. The molecular formula is C10H20N2O6. The lowest BCUT2D eigenvalue weighted by molar-refractivity contribution is -0.141. The molecule has 0 radical (unpaired) electrons. The van der Waals surface area contributed by atoms with E-state index in [2.05, 4.69) is 0 Å². The summed E-state index contributed by atoms with van der Waals surface area (Å²) in [5.41, 5.74) is 10.2. The van der Waals surface area contributed by atoms with Gasteiger partial charge in [-0.2, -0.15) is 0 Å². The van der Waals surface area contributed by atoms with Crippen molar-refractivity contribution in [2.45, 2.75) is 38.8 Å². The maximum absolute atomic E-state index is 10.0. The second-order valence-corrected chi connectivity index (χ2v) is 3.99. The van der Waals surface area contributed by atoms with Crippen molar-refractivity contribution in [2.24, 2.45) is 17.4 Å². The third kappa shape index (κ3) is 10.8. The summed E-state index contributed by atoms with van der Waals surface area (Å²) in [5, 5.41) is 24.5. The van der Waals surface area contributed by atoms with Gasteiger partial charge in [0.1, 0.15) is 12.1 Å². The standard InChI is InChI=1S/C5H9NO4.C5H11NO2/c6-3(5(9)10)1-2-4(7)8;1-3(2)4(6)5(7)8/h3H,1-2,6H2,(H,7,8)(H,9,10);3-4H,6H2,1-2H3,(H,7,8). The minimum Gasteiger partial charge on any atom is -0.481 e. The third-order valence-electron chi connectivity index (χ3n) is 1.99. The second kappa shape index (κ2) is 9.37. The Kier molecular flexibility index (Phi) is 9.73. The summed E-state index contributed by atoms with van der Waals surface area (Å²) >= 11 is 0. The van der Waals surface area contributed by atoms with E-state index in [0.29, 0.717) is 0 Å². The fourth-order valence-corrected chi connectivity index (χ4v) is 0.688. The average Bonchev–Trinajstić information content (AvgIpc) is 2.24. The van der Waals surface area contributed by atoms with Crippen molar-refractivity contribution in [1.82, 2.24) is 0 Å². The first-order chi connectivity index (χ1) is 8.09. The second-order valence-electron chi connectivity index (χ2n) is 3.99. The first-order valence-electron chi connectivity index (χ1n) is 5.28. The van der Waals surface area contributed by atoms with Crippen LogP contribution in [0.3, 0.4) is 0 Å². The van der Waals surface area contributed by atoms with Gasteiger partial charge in [0.15, 0.2) is 0 Å². The fraction of sp³-hybridized carbons (Fsp3) is 0.700. The van der Waals surface area contributed by atoms with E-state index in [9.17, 15) is 14.4 Å². The van der Waals surface area contributed by atoms with E-state index in [4.69, 9.17) is 26.8 Å². The maximum Gasteiger partial charge on any atom is 0.320 e. The molecule has 0 fully saturated rings. The molecular weight excluding hydrogens is 244 g/mol. The van der Waals surface area contributed by atoms with E-state index in [-0.39, 0.29) is 18.8 Å². The number of carboxylic acid groups (broad SMARTS) is 3. The molecule has 0 aliphatic rings. The van der Waals surface area contributed by atoms with E-state index in [1.165, 1.54) is 0 Å². The van der Waals surface area contributed by atoms with Crippen LogP contribution in [0.5, 0.6) is 0 Å². The number of carboxylic acids is 3. The average molecular weight is 264 g/mol. The molecule has 2 atom stereocenters. The van der Waals surface area contributed by atoms with Gasteiger partial charge in [0.05, 0.1) is 0 Å². The van der Waals surface area contributed by atoms with Gasteiger partial charge in [-0.3, -0.25) is 14.4 Å². The van der Waals surface area contributed by atoms with Crippen molar-refractivity contribution in [3.8, 4) is 0 Å². The highest BCUT2D eigenvalue weighted by molar-refractivity contribution is 5.74. The Balaban J connectivity index is 0. The summed E-state index contributed by atoms with van der Waals surface area (Å²) in [7, 11) is 0. The normalized spacial score (nSPS) is 13.2. The topological polar surface area (TPSA) is 164 Å². The zero-order valence-corrected chi connectivity index (χ0v) is 10.4. The van der Waals surface area contributed by atoms with E-state index >= 15 is 0 Å². The number of hydrogen-bond donors (Lipinski definition) is 5. The largest absolute Gasteiger partial charge is 0.481 e. The van der Waals surface area contributed by atoms with Gasteiger partial charge >= 0.3 is 17.9 Å². The molecule has 0 aromatic carbocycles. The minimum absolute atomic E-state index is 0.0208. The van der Waals surface area contributed by atoms with Crippen molar-refractivity contribution in [3.05, 3.63) is 0 Å². The molecule has 2 unspecified atom stereocenters. The number of carbonyl (C=O) groups is 3. The van der Waals surface area contributed by atoms with Crippen LogP contribution in [0.4, 0.5) is 0 Å². The van der Waals surface area contributed by atoms with Gasteiger partial charge in [0.2, 0.25) is 0 Å². The van der Waals surface area contributed by atoms with Crippen molar-refractivity contribution in [3.63, 3.8) is 0 Å². The Hall–Kier alpha value is -1.67. The summed E-state index contributed by atoms with van der Waals surface area (Å²) in [6.45, 7) is 3.55. The van der Waals surface area contributed by atoms with E-state index in [0.717, 1.165) is 0 Å². The molecule has 0 amide bonds. The molecule has 0 aliphatic carbocycles. The van der Waals surface area contributed by atoms with Gasteiger partial charge in [-0.1, -0.05) is 13.8 Å². The molecule has 0 spiro atoms. The smallest absolute Gasteiger partial charge is 0.320 e. The highest BCUT2D eigenvalue weighted by Crippen LogP contribution is 1.96. The first kappa shape index (κ1) is 18.7. The number of nitrogens with two attached hydrogens (primary N) is 2. The lowest BCUT2D eigenvalue weighted by Crippen LogP contribution is -2.34. The predicted molar refractivity (Wildman–Crippen MR) is 62.9 cm³/mol. The van der Waals surface area contributed by atoms with Crippen LogP contribution >= 0.6 is 0 Å². The van der Waals surface area contributed by atoms with Crippen LogP contribution in [0.25, 0.3) is 0 Å². The third-order valence-corrected chi connectivity index (χ3v) is 1.99. The molecule has 0 aliphatic heterocycles. The molecule has 7 N–H and O–H groups in total. The van der Waals surface area contributed by atoms with Crippen LogP contribution in [-0.2, 0) is 14.4 Å². The molecule has 0 heterocycles. The molecule has 0 bridgehead atoms. The minimum atomic E-state index is -1.17. The molecule has 0 aromatic heterocycles. The van der Waals surface area contributed by atoms with Gasteiger partial charge in [0, 0.05) is 6.42 Å². The van der Waals surface area contributed by atoms with Gasteiger partial charge in [-0.05, 0) is 12.3 Å². The highest BCUT2D eigenvalue weighted by atomic mass is 16.4. The summed E-state index contributed by atoms with van der Waals surface area (Å²) in [4.78, 5) is 29.9. The van der Waals surface area contributed by atoms with Crippen molar-refractivity contribution >= 4 is 17.9 Å². The zero-order chi connectivity index (χ0) is 14.9. The molecule has 8 nitrogen and oxygen atoms in total. The highest BCUT2D eigenvalue weighted by Gasteiger charge is 2.14. The lowest BCUT2D eigenvalue weighted by Gasteiger charge is -2.07.